The second kappa shape index (κ2) is 9.39. The molecule has 0 spiro atoms. The van der Waals surface area contributed by atoms with Crippen LogP contribution in [0.1, 0.15) is 21.5 Å². The van der Waals surface area contributed by atoms with E-state index in [1.165, 1.54) is 19.2 Å². The summed E-state index contributed by atoms with van der Waals surface area (Å²) in [5.41, 5.74) is 2.21. The van der Waals surface area contributed by atoms with Crippen molar-refractivity contribution in [1.29, 1.82) is 5.26 Å². The molecule has 3 aromatic rings. The number of ether oxygens (including phenoxy) is 2. The highest BCUT2D eigenvalue weighted by Crippen LogP contribution is 2.19. The Morgan fingerprint density at radius 1 is 1.17 bits per heavy atom. The van der Waals surface area contributed by atoms with Crippen LogP contribution in [-0.2, 0) is 25.5 Å². The molecule has 152 valence electrons. The molecule has 1 amide bonds. The van der Waals surface area contributed by atoms with Crippen molar-refractivity contribution in [2.45, 2.75) is 12.5 Å². The van der Waals surface area contributed by atoms with E-state index in [-0.39, 0.29) is 12.0 Å². The summed E-state index contributed by atoms with van der Waals surface area (Å²) >= 11 is 0. The Morgan fingerprint density at radius 3 is 2.73 bits per heavy atom. The molecule has 0 aliphatic rings. The first-order chi connectivity index (χ1) is 14.5. The monoisotopic (exact) mass is 405 g/mol. The van der Waals surface area contributed by atoms with Crippen molar-refractivity contribution in [2.75, 3.05) is 13.7 Å². The number of amides is 1. The minimum atomic E-state index is -0.942. The summed E-state index contributed by atoms with van der Waals surface area (Å²) in [5.74, 6) is -2.00. The van der Waals surface area contributed by atoms with Crippen LogP contribution in [0.25, 0.3) is 10.9 Å². The van der Waals surface area contributed by atoms with Gasteiger partial charge in [0, 0.05) is 23.5 Å². The van der Waals surface area contributed by atoms with Gasteiger partial charge < -0.3 is 19.8 Å². The fourth-order valence-corrected chi connectivity index (χ4v) is 3.02. The van der Waals surface area contributed by atoms with Gasteiger partial charge in [-0.15, -0.1) is 0 Å². The van der Waals surface area contributed by atoms with E-state index < -0.39 is 30.5 Å². The lowest BCUT2D eigenvalue weighted by Gasteiger charge is -2.16. The molecule has 2 aromatic carbocycles. The predicted octanol–water partition coefficient (Wildman–Crippen LogP) is 2.10. The zero-order valence-electron chi connectivity index (χ0n) is 16.2. The van der Waals surface area contributed by atoms with Crippen LogP contribution in [0.2, 0.25) is 0 Å². The third-order valence-electron chi connectivity index (χ3n) is 4.48. The van der Waals surface area contributed by atoms with Crippen LogP contribution in [-0.4, -0.2) is 42.6 Å². The average molecular weight is 405 g/mol. The van der Waals surface area contributed by atoms with Crippen molar-refractivity contribution < 1.29 is 23.9 Å². The molecule has 2 N–H and O–H groups in total. The number of aromatic amines is 1. The van der Waals surface area contributed by atoms with Gasteiger partial charge in [0.05, 0.1) is 24.3 Å². The number of carbonyl (C=O) groups is 3. The number of carbonyl (C=O) groups excluding carboxylic acids is 3. The molecule has 0 aliphatic heterocycles. The molecule has 0 saturated carbocycles. The Bertz CT molecular complexity index is 1130. The summed E-state index contributed by atoms with van der Waals surface area (Å²) in [5, 5.41) is 12.4. The third-order valence-corrected chi connectivity index (χ3v) is 4.48. The molecular formula is C22H19N3O5. The molecule has 1 heterocycles. The number of H-pyrrole nitrogens is 1. The van der Waals surface area contributed by atoms with Gasteiger partial charge in [0.25, 0.3) is 5.91 Å². The number of benzene rings is 2. The zero-order chi connectivity index (χ0) is 21.5. The van der Waals surface area contributed by atoms with Gasteiger partial charge in [-0.25, -0.2) is 9.59 Å². The van der Waals surface area contributed by atoms with Gasteiger partial charge in [-0.2, -0.15) is 5.26 Å². The fraction of sp³-hybridized carbons (Fsp3) is 0.182. The summed E-state index contributed by atoms with van der Waals surface area (Å²) < 4.78 is 9.78. The number of aromatic nitrogens is 1. The molecule has 0 bridgehead atoms. The molecule has 0 radical (unpaired) electrons. The number of fused-ring (bicyclic) bond motifs is 1. The predicted molar refractivity (Wildman–Crippen MR) is 107 cm³/mol. The average Bonchev–Trinajstić information content (AvgIpc) is 3.19. The maximum Gasteiger partial charge on any atom is 0.338 e. The third kappa shape index (κ3) is 4.83. The largest absolute Gasteiger partial charge is 0.467 e. The van der Waals surface area contributed by atoms with Gasteiger partial charge in [-0.05, 0) is 29.8 Å². The van der Waals surface area contributed by atoms with Crippen LogP contribution in [0.15, 0.2) is 54.7 Å². The molecular weight excluding hydrogens is 386 g/mol. The standard InChI is InChI=1S/C22H19N3O5/c1-29-22(28)19(10-16-12-24-18-8-3-2-7-17(16)18)25-20(26)13-30-21(27)15-6-4-5-14(9-15)11-23/h2-9,12,19,24H,10,13H2,1H3,(H,25,26)/t19-/m0/s1. The minimum absolute atomic E-state index is 0.158. The summed E-state index contributed by atoms with van der Waals surface area (Å²) in [6, 6.07) is 14.5. The lowest BCUT2D eigenvalue weighted by atomic mass is 10.0. The normalized spacial score (nSPS) is 11.3. The topological polar surface area (TPSA) is 121 Å². The lowest BCUT2D eigenvalue weighted by Crippen LogP contribution is -2.44. The van der Waals surface area contributed by atoms with Crippen LogP contribution in [0.5, 0.6) is 0 Å². The van der Waals surface area contributed by atoms with Crippen molar-refractivity contribution in [3.63, 3.8) is 0 Å². The Kier molecular flexibility index (Phi) is 6.45. The molecule has 1 atom stereocenters. The molecule has 0 aliphatic carbocycles. The van der Waals surface area contributed by atoms with E-state index in [2.05, 4.69) is 10.3 Å². The van der Waals surface area contributed by atoms with E-state index in [0.717, 1.165) is 16.5 Å². The molecule has 1 aromatic heterocycles. The van der Waals surface area contributed by atoms with Crippen LogP contribution < -0.4 is 5.32 Å². The minimum Gasteiger partial charge on any atom is -0.467 e. The first-order valence-electron chi connectivity index (χ1n) is 9.11. The number of esters is 2. The highest BCUT2D eigenvalue weighted by atomic mass is 16.5. The second-order valence-electron chi connectivity index (χ2n) is 6.48. The Balaban J connectivity index is 1.63. The quantitative estimate of drug-likeness (QED) is 0.581. The lowest BCUT2D eigenvalue weighted by molar-refractivity contribution is -0.145. The van der Waals surface area contributed by atoms with E-state index in [4.69, 9.17) is 14.7 Å². The van der Waals surface area contributed by atoms with Crippen molar-refractivity contribution in [3.05, 3.63) is 71.4 Å². The highest BCUT2D eigenvalue weighted by Gasteiger charge is 2.24. The van der Waals surface area contributed by atoms with E-state index >= 15 is 0 Å². The van der Waals surface area contributed by atoms with E-state index in [9.17, 15) is 14.4 Å². The van der Waals surface area contributed by atoms with E-state index in [0.29, 0.717) is 5.56 Å². The highest BCUT2D eigenvalue weighted by molar-refractivity contribution is 5.92. The summed E-state index contributed by atoms with van der Waals surface area (Å²) in [4.78, 5) is 39.6. The summed E-state index contributed by atoms with van der Waals surface area (Å²) in [7, 11) is 1.24. The Morgan fingerprint density at radius 2 is 1.97 bits per heavy atom. The van der Waals surface area contributed by atoms with Crippen molar-refractivity contribution >= 4 is 28.7 Å². The molecule has 0 fully saturated rings. The first kappa shape index (κ1) is 20.6. The van der Waals surface area contributed by atoms with E-state index in [1.807, 2.05) is 30.3 Å². The number of hydrogen-bond donors (Lipinski definition) is 2. The molecule has 3 rings (SSSR count). The van der Waals surface area contributed by atoms with Gasteiger partial charge in [0.15, 0.2) is 6.61 Å². The molecule has 0 saturated heterocycles. The fourth-order valence-electron chi connectivity index (χ4n) is 3.02. The number of nitrogens with one attached hydrogen (secondary N) is 2. The maximum atomic E-state index is 12.3. The Hall–Kier alpha value is -4.12. The summed E-state index contributed by atoms with van der Waals surface area (Å²) in [6.45, 7) is -0.572. The number of nitriles is 1. The van der Waals surface area contributed by atoms with Crippen molar-refractivity contribution in [1.82, 2.24) is 10.3 Å². The van der Waals surface area contributed by atoms with Gasteiger partial charge in [0.2, 0.25) is 0 Å². The van der Waals surface area contributed by atoms with Gasteiger partial charge in [0.1, 0.15) is 6.04 Å². The number of hydrogen-bond acceptors (Lipinski definition) is 6. The Labute approximate surface area is 172 Å². The summed E-state index contributed by atoms with van der Waals surface area (Å²) in [6.07, 6.45) is 1.98. The first-order valence-corrected chi connectivity index (χ1v) is 9.11. The zero-order valence-corrected chi connectivity index (χ0v) is 16.2. The van der Waals surface area contributed by atoms with E-state index in [1.54, 1.807) is 18.3 Å². The SMILES string of the molecule is COC(=O)[C@H](Cc1c[nH]c2ccccc12)NC(=O)COC(=O)c1cccc(C#N)c1. The van der Waals surface area contributed by atoms with Gasteiger partial charge >= 0.3 is 11.9 Å². The maximum absolute atomic E-state index is 12.3. The molecule has 8 nitrogen and oxygen atoms in total. The van der Waals surface area contributed by atoms with Gasteiger partial charge in [-0.3, -0.25) is 4.79 Å². The number of nitrogens with zero attached hydrogens (tertiary/aromatic N) is 1. The second-order valence-corrected chi connectivity index (χ2v) is 6.48. The number of para-hydroxylation sites is 1. The van der Waals surface area contributed by atoms with Crippen molar-refractivity contribution in [3.8, 4) is 6.07 Å². The molecule has 0 unspecified atom stereocenters. The van der Waals surface area contributed by atoms with Gasteiger partial charge in [-0.1, -0.05) is 24.3 Å². The van der Waals surface area contributed by atoms with Crippen molar-refractivity contribution in [2.24, 2.45) is 0 Å². The van der Waals surface area contributed by atoms with Crippen LogP contribution >= 0.6 is 0 Å². The molecule has 8 heteroatoms. The van der Waals surface area contributed by atoms with Crippen LogP contribution in [0.3, 0.4) is 0 Å². The molecule has 30 heavy (non-hydrogen) atoms. The van der Waals surface area contributed by atoms with Crippen LogP contribution in [0.4, 0.5) is 0 Å². The number of rotatable bonds is 7. The smallest absolute Gasteiger partial charge is 0.338 e. The van der Waals surface area contributed by atoms with Crippen LogP contribution in [0, 0.1) is 11.3 Å². The number of methoxy groups -OCH3 is 1.